The topological polar surface area (TPSA) is 26.8 Å². The molecule has 2 fully saturated rings. The van der Waals surface area contributed by atoms with Gasteiger partial charge >= 0.3 is 0 Å². The predicted octanol–water partition coefficient (Wildman–Crippen LogP) is 2.40. The van der Waals surface area contributed by atoms with E-state index in [-0.39, 0.29) is 12.6 Å². The highest BCUT2D eigenvalue weighted by Crippen LogP contribution is 2.21. The lowest BCUT2D eigenvalue weighted by molar-refractivity contribution is 0.0630. The fraction of sp³-hybridized carbons (Fsp3) is 0.611. The summed E-state index contributed by atoms with van der Waals surface area (Å²) < 4.78 is 12.4. The predicted molar refractivity (Wildman–Crippen MR) is 90.8 cm³/mol. The van der Waals surface area contributed by atoms with Gasteiger partial charge in [0.1, 0.15) is 6.67 Å². The van der Waals surface area contributed by atoms with Crippen LogP contribution in [0.5, 0.6) is 0 Å². The molecule has 0 radical (unpaired) electrons. The summed E-state index contributed by atoms with van der Waals surface area (Å²) in [6.45, 7) is 5.30. The average molecular weight is 319 g/mol. The molecule has 1 aromatic carbocycles. The van der Waals surface area contributed by atoms with E-state index in [1.165, 1.54) is 24.9 Å². The summed E-state index contributed by atoms with van der Waals surface area (Å²) in [5.74, 6) is 0.0927. The zero-order valence-corrected chi connectivity index (χ0v) is 13.7. The van der Waals surface area contributed by atoms with Crippen LogP contribution in [-0.2, 0) is 0 Å². The second-order valence-electron chi connectivity index (χ2n) is 6.42. The largest absolute Gasteiger partial charge is 0.372 e. The molecule has 0 aliphatic carbocycles. The number of piperidine rings is 1. The Hall–Kier alpha value is -1.62. The lowest BCUT2D eigenvalue weighted by Crippen LogP contribution is -2.49. The molecule has 0 spiro atoms. The van der Waals surface area contributed by atoms with Crippen molar-refractivity contribution in [2.24, 2.45) is 0 Å². The Morgan fingerprint density at radius 3 is 2.17 bits per heavy atom. The van der Waals surface area contributed by atoms with Crippen LogP contribution in [0.4, 0.5) is 10.1 Å². The van der Waals surface area contributed by atoms with Gasteiger partial charge in [-0.25, -0.2) is 4.39 Å². The smallest absolute Gasteiger partial charge is 0.253 e. The number of halogens is 1. The van der Waals surface area contributed by atoms with Crippen LogP contribution in [0.25, 0.3) is 0 Å². The van der Waals surface area contributed by atoms with Crippen molar-refractivity contribution in [1.29, 1.82) is 0 Å². The van der Waals surface area contributed by atoms with Crippen LogP contribution in [0.1, 0.15) is 29.6 Å². The Balaban J connectivity index is 1.57. The van der Waals surface area contributed by atoms with Crippen LogP contribution in [-0.4, -0.2) is 68.2 Å². The van der Waals surface area contributed by atoms with Crippen molar-refractivity contribution in [1.82, 2.24) is 9.80 Å². The van der Waals surface area contributed by atoms with Crippen molar-refractivity contribution in [3.05, 3.63) is 29.8 Å². The molecule has 1 amide bonds. The fourth-order valence-electron chi connectivity index (χ4n) is 3.44. The van der Waals surface area contributed by atoms with Crippen molar-refractivity contribution < 1.29 is 9.18 Å². The minimum atomic E-state index is -0.314. The Bertz CT molecular complexity index is 506. The second kappa shape index (κ2) is 7.77. The molecule has 5 heteroatoms. The molecule has 2 heterocycles. The standard InChI is InChI=1S/C18H26FN3O/c19-8-11-20-12-14-22(15-13-20)18(23)16-4-6-17(7-5-16)21-9-2-1-3-10-21/h4-7H,1-3,8-15H2. The van der Waals surface area contributed by atoms with E-state index in [0.717, 1.165) is 31.7 Å². The van der Waals surface area contributed by atoms with Gasteiger partial charge < -0.3 is 9.80 Å². The van der Waals surface area contributed by atoms with E-state index in [0.29, 0.717) is 19.6 Å². The highest BCUT2D eigenvalue weighted by atomic mass is 19.1. The fourth-order valence-corrected chi connectivity index (χ4v) is 3.44. The monoisotopic (exact) mass is 319 g/mol. The van der Waals surface area contributed by atoms with Gasteiger partial charge in [0, 0.05) is 57.1 Å². The molecule has 2 aliphatic rings. The first-order chi connectivity index (χ1) is 11.3. The third kappa shape index (κ3) is 4.02. The quantitative estimate of drug-likeness (QED) is 0.853. The van der Waals surface area contributed by atoms with Crippen LogP contribution in [0.2, 0.25) is 0 Å². The zero-order valence-electron chi connectivity index (χ0n) is 13.7. The zero-order chi connectivity index (χ0) is 16.1. The minimum absolute atomic E-state index is 0.0927. The molecule has 1 aromatic rings. The van der Waals surface area contributed by atoms with Crippen molar-refractivity contribution in [3.63, 3.8) is 0 Å². The summed E-state index contributed by atoms with van der Waals surface area (Å²) in [7, 11) is 0. The Morgan fingerprint density at radius 2 is 1.57 bits per heavy atom. The van der Waals surface area contributed by atoms with Gasteiger partial charge in [-0.1, -0.05) is 0 Å². The first-order valence-electron chi connectivity index (χ1n) is 8.70. The number of rotatable bonds is 4. The summed E-state index contributed by atoms with van der Waals surface area (Å²) in [5.41, 5.74) is 1.97. The maximum Gasteiger partial charge on any atom is 0.253 e. The number of carbonyl (C=O) groups excluding carboxylic acids is 1. The Kier molecular flexibility index (Phi) is 5.49. The maximum atomic E-state index is 12.6. The van der Waals surface area contributed by atoms with Gasteiger partial charge in [0.05, 0.1) is 0 Å². The van der Waals surface area contributed by atoms with Gasteiger partial charge in [-0.15, -0.1) is 0 Å². The van der Waals surface area contributed by atoms with Gasteiger partial charge in [0.15, 0.2) is 0 Å². The first-order valence-corrected chi connectivity index (χ1v) is 8.70. The molecule has 0 N–H and O–H groups in total. The first kappa shape index (κ1) is 16.2. The number of piperazine rings is 1. The second-order valence-corrected chi connectivity index (χ2v) is 6.42. The summed E-state index contributed by atoms with van der Waals surface area (Å²) in [5, 5.41) is 0. The van der Waals surface area contributed by atoms with E-state index in [1.54, 1.807) is 0 Å². The van der Waals surface area contributed by atoms with Crippen molar-refractivity contribution >= 4 is 11.6 Å². The number of carbonyl (C=O) groups is 1. The number of hydrogen-bond donors (Lipinski definition) is 0. The normalized spacial score (nSPS) is 19.9. The van der Waals surface area contributed by atoms with E-state index in [1.807, 2.05) is 17.0 Å². The van der Waals surface area contributed by atoms with Crippen LogP contribution in [0.3, 0.4) is 0 Å². The Morgan fingerprint density at radius 1 is 0.913 bits per heavy atom. The van der Waals surface area contributed by atoms with Crippen molar-refractivity contribution in [3.8, 4) is 0 Å². The van der Waals surface area contributed by atoms with Crippen LogP contribution < -0.4 is 4.90 Å². The molecule has 0 unspecified atom stereocenters. The lowest BCUT2D eigenvalue weighted by atomic mass is 10.1. The summed E-state index contributed by atoms with van der Waals surface area (Å²) in [4.78, 5) is 18.9. The maximum absolute atomic E-state index is 12.6. The molecule has 0 atom stereocenters. The molecule has 3 rings (SSSR count). The van der Waals surface area contributed by atoms with E-state index < -0.39 is 0 Å². The number of nitrogens with zero attached hydrogens (tertiary/aromatic N) is 3. The molecule has 2 aliphatic heterocycles. The minimum Gasteiger partial charge on any atom is -0.372 e. The van der Waals surface area contributed by atoms with Gasteiger partial charge in [0.2, 0.25) is 0 Å². The number of anilines is 1. The lowest BCUT2D eigenvalue weighted by Gasteiger charge is -2.34. The van der Waals surface area contributed by atoms with Gasteiger partial charge in [-0.3, -0.25) is 9.69 Å². The molecular weight excluding hydrogens is 293 g/mol. The molecule has 23 heavy (non-hydrogen) atoms. The van der Waals surface area contributed by atoms with Crippen molar-refractivity contribution in [2.75, 3.05) is 57.4 Å². The summed E-state index contributed by atoms with van der Waals surface area (Å²) >= 11 is 0. The van der Waals surface area contributed by atoms with Crippen LogP contribution in [0.15, 0.2) is 24.3 Å². The van der Waals surface area contributed by atoms with Crippen molar-refractivity contribution in [2.45, 2.75) is 19.3 Å². The van der Waals surface area contributed by atoms with Gasteiger partial charge in [-0.2, -0.15) is 0 Å². The highest BCUT2D eigenvalue weighted by molar-refractivity contribution is 5.94. The summed E-state index contributed by atoms with van der Waals surface area (Å²) in [6, 6.07) is 8.02. The Labute approximate surface area is 137 Å². The van der Waals surface area contributed by atoms with Gasteiger partial charge in [0.25, 0.3) is 5.91 Å². The number of hydrogen-bond acceptors (Lipinski definition) is 3. The number of benzene rings is 1. The highest BCUT2D eigenvalue weighted by Gasteiger charge is 2.22. The number of alkyl halides is 1. The number of amides is 1. The molecule has 2 saturated heterocycles. The summed E-state index contributed by atoms with van der Waals surface area (Å²) in [6.07, 6.45) is 3.83. The van der Waals surface area contributed by atoms with E-state index in [4.69, 9.17) is 0 Å². The van der Waals surface area contributed by atoms with E-state index >= 15 is 0 Å². The third-order valence-corrected chi connectivity index (χ3v) is 4.90. The van der Waals surface area contributed by atoms with Crippen LogP contribution in [0, 0.1) is 0 Å². The molecule has 0 saturated carbocycles. The third-order valence-electron chi connectivity index (χ3n) is 4.90. The molecule has 0 aromatic heterocycles. The molecule has 4 nitrogen and oxygen atoms in total. The van der Waals surface area contributed by atoms with Crippen LogP contribution >= 0.6 is 0 Å². The molecule has 126 valence electrons. The average Bonchev–Trinajstić information content (AvgIpc) is 2.63. The SMILES string of the molecule is O=C(c1ccc(N2CCCCC2)cc1)N1CCN(CCF)CC1. The molecular formula is C18H26FN3O. The molecule has 0 bridgehead atoms. The van der Waals surface area contributed by atoms with Gasteiger partial charge in [-0.05, 0) is 43.5 Å². The van der Waals surface area contributed by atoms with E-state index in [9.17, 15) is 9.18 Å². The van der Waals surface area contributed by atoms with E-state index in [2.05, 4.69) is 21.9 Å².